The SMILES string of the molecule is Cn1nc(CC2(C#N)CCCC2)c2ccccc21. The molecule has 0 spiro atoms. The summed E-state index contributed by atoms with van der Waals surface area (Å²) in [5.41, 5.74) is 2.06. The fourth-order valence-electron chi connectivity index (χ4n) is 3.12. The first kappa shape index (κ1) is 11.3. The Morgan fingerprint density at radius 3 is 2.78 bits per heavy atom. The lowest BCUT2D eigenvalue weighted by molar-refractivity contribution is 0.403. The Kier molecular flexibility index (Phi) is 2.59. The van der Waals surface area contributed by atoms with Gasteiger partial charge >= 0.3 is 0 Å². The molecule has 0 atom stereocenters. The first-order valence-corrected chi connectivity index (χ1v) is 6.56. The molecule has 1 fully saturated rings. The molecule has 0 N–H and O–H groups in total. The maximum Gasteiger partial charge on any atom is 0.0719 e. The second kappa shape index (κ2) is 4.13. The fraction of sp³-hybridized carbons (Fsp3) is 0.467. The van der Waals surface area contributed by atoms with E-state index in [-0.39, 0.29) is 5.41 Å². The van der Waals surface area contributed by atoms with Crippen molar-refractivity contribution in [2.75, 3.05) is 0 Å². The molecule has 1 aliphatic rings. The van der Waals surface area contributed by atoms with Crippen LogP contribution >= 0.6 is 0 Å². The molecule has 0 unspecified atom stereocenters. The molecule has 1 heterocycles. The van der Waals surface area contributed by atoms with E-state index in [0.717, 1.165) is 30.5 Å². The minimum atomic E-state index is -0.170. The van der Waals surface area contributed by atoms with Crippen molar-refractivity contribution < 1.29 is 0 Å². The number of nitriles is 1. The number of fused-ring (bicyclic) bond motifs is 1. The van der Waals surface area contributed by atoms with Crippen LogP contribution in [0.4, 0.5) is 0 Å². The Morgan fingerprint density at radius 1 is 1.33 bits per heavy atom. The standard InChI is InChI=1S/C15H17N3/c1-18-14-7-3-2-6-12(14)13(17-18)10-15(11-16)8-4-5-9-15/h2-3,6-7H,4-5,8-10H2,1H3. The van der Waals surface area contributed by atoms with Gasteiger partial charge in [0.2, 0.25) is 0 Å². The highest BCUT2D eigenvalue weighted by atomic mass is 15.3. The van der Waals surface area contributed by atoms with E-state index >= 15 is 0 Å². The van der Waals surface area contributed by atoms with Crippen LogP contribution in [0.25, 0.3) is 10.9 Å². The summed E-state index contributed by atoms with van der Waals surface area (Å²) in [6.45, 7) is 0. The molecule has 92 valence electrons. The number of benzene rings is 1. The van der Waals surface area contributed by atoms with Crippen molar-refractivity contribution in [1.82, 2.24) is 9.78 Å². The first-order chi connectivity index (χ1) is 8.74. The molecule has 0 saturated heterocycles. The van der Waals surface area contributed by atoms with Crippen molar-refractivity contribution in [3.05, 3.63) is 30.0 Å². The van der Waals surface area contributed by atoms with Gasteiger partial charge in [-0.2, -0.15) is 10.4 Å². The van der Waals surface area contributed by atoms with Crippen LogP contribution in [0, 0.1) is 16.7 Å². The van der Waals surface area contributed by atoms with Gasteiger partial charge in [-0.25, -0.2) is 0 Å². The van der Waals surface area contributed by atoms with E-state index in [1.165, 1.54) is 18.2 Å². The zero-order valence-corrected chi connectivity index (χ0v) is 10.7. The minimum absolute atomic E-state index is 0.170. The number of rotatable bonds is 2. The second-order valence-electron chi connectivity index (χ2n) is 5.36. The molecule has 1 aliphatic carbocycles. The molecule has 3 rings (SSSR count). The van der Waals surface area contributed by atoms with Gasteiger partial charge in [-0.1, -0.05) is 31.0 Å². The average Bonchev–Trinajstić information content (AvgIpc) is 2.98. The summed E-state index contributed by atoms with van der Waals surface area (Å²) in [6, 6.07) is 10.8. The molecule has 0 radical (unpaired) electrons. The van der Waals surface area contributed by atoms with Crippen LogP contribution in [0.15, 0.2) is 24.3 Å². The van der Waals surface area contributed by atoms with Gasteiger partial charge in [0.1, 0.15) is 0 Å². The number of aryl methyl sites for hydroxylation is 1. The van der Waals surface area contributed by atoms with E-state index < -0.39 is 0 Å². The van der Waals surface area contributed by atoms with Crippen molar-refractivity contribution >= 4 is 10.9 Å². The molecule has 0 aliphatic heterocycles. The van der Waals surface area contributed by atoms with Gasteiger partial charge in [0.25, 0.3) is 0 Å². The third-order valence-corrected chi connectivity index (χ3v) is 4.14. The van der Waals surface area contributed by atoms with E-state index in [2.05, 4.69) is 23.3 Å². The Labute approximate surface area is 107 Å². The van der Waals surface area contributed by atoms with Gasteiger partial charge in [0.15, 0.2) is 0 Å². The predicted octanol–water partition coefficient (Wildman–Crippen LogP) is 3.20. The summed E-state index contributed by atoms with van der Waals surface area (Å²) in [6.07, 6.45) is 5.20. The summed E-state index contributed by atoms with van der Waals surface area (Å²) in [4.78, 5) is 0. The Balaban J connectivity index is 2.03. The van der Waals surface area contributed by atoms with Crippen molar-refractivity contribution in [2.45, 2.75) is 32.1 Å². The van der Waals surface area contributed by atoms with E-state index in [9.17, 15) is 5.26 Å². The fourth-order valence-corrected chi connectivity index (χ4v) is 3.12. The molecule has 3 nitrogen and oxygen atoms in total. The first-order valence-electron chi connectivity index (χ1n) is 6.56. The second-order valence-corrected chi connectivity index (χ2v) is 5.36. The summed E-state index contributed by atoms with van der Waals surface area (Å²) < 4.78 is 1.92. The summed E-state index contributed by atoms with van der Waals surface area (Å²) >= 11 is 0. The molecule has 1 aromatic heterocycles. The number of hydrogen-bond acceptors (Lipinski definition) is 2. The number of nitrogens with zero attached hydrogens (tertiary/aromatic N) is 3. The van der Waals surface area contributed by atoms with Crippen LogP contribution in [0.5, 0.6) is 0 Å². The van der Waals surface area contributed by atoms with E-state index in [4.69, 9.17) is 0 Å². The molecule has 18 heavy (non-hydrogen) atoms. The Hall–Kier alpha value is -1.82. The number of hydrogen-bond donors (Lipinski definition) is 0. The molecule has 2 aromatic rings. The zero-order chi connectivity index (χ0) is 12.6. The number of aromatic nitrogens is 2. The number of para-hydroxylation sites is 1. The topological polar surface area (TPSA) is 41.6 Å². The lowest BCUT2D eigenvalue weighted by Gasteiger charge is -2.18. The average molecular weight is 239 g/mol. The minimum Gasteiger partial charge on any atom is -0.268 e. The van der Waals surface area contributed by atoms with Crippen LogP contribution in [-0.2, 0) is 13.5 Å². The maximum absolute atomic E-state index is 9.47. The quantitative estimate of drug-likeness (QED) is 0.807. The van der Waals surface area contributed by atoms with Crippen LogP contribution in [-0.4, -0.2) is 9.78 Å². The highest BCUT2D eigenvalue weighted by Gasteiger charge is 2.35. The molecular formula is C15H17N3. The Morgan fingerprint density at radius 2 is 2.06 bits per heavy atom. The van der Waals surface area contributed by atoms with Gasteiger partial charge in [-0.3, -0.25) is 4.68 Å². The van der Waals surface area contributed by atoms with Crippen molar-refractivity contribution in [3.63, 3.8) is 0 Å². The molecule has 0 bridgehead atoms. The third kappa shape index (κ3) is 1.69. The summed E-state index contributed by atoms with van der Waals surface area (Å²) in [5, 5.41) is 15.3. The molecule has 3 heteroatoms. The third-order valence-electron chi connectivity index (χ3n) is 4.14. The van der Waals surface area contributed by atoms with Crippen LogP contribution in [0.2, 0.25) is 0 Å². The summed E-state index contributed by atoms with van der Waals surface area (Å²) in [7, 11) is 1.97. The van der Waals surface area contributed by atoms with Gasteiger partial charge in [0, 0.05) is 18.9 Å². The van der Waals surface area contributed by atoms with Crippen LogP contribution in [0.3, 0.4) is 0 Å². The molecule has 1 aromatic carbocycles. The predicted molar refractivity (Wildman–Crippen MR) is 70.9 cm³/mol. The van der Waals surface area contributed by atoms with E-state index in [1.54, 1.807) is 0 Å². The van der Waals surface area contributed by atoms with E-state index in [0.29, 0.717) is 0 Å². The molecule has 1 saturated carbocycles. The highest BCUT2D eigenvalue weighted by Crippen LogP contribution is 2.41. The molecular weight excluding hydrogens is 222 g/mol. The van der Waals surface area contributed by atoms with Crippen LogP contribution in [0.1, 0.15) is 31.4 Å². The lowest BCUT2D eigenvalue weighted by Crippen LogP contribution is -2.17. The van der Waals surface area contributed by atoms with Crippen molar-refractivity contribution in [3.8, 4) is 6.07 Å². The largest absolute Gasteiger partial charge is 0.268 e. The normalized spacial score (nSPS) is 18.0. The smallest absolute Gasteiger partial charge is 0.0719 e. The van der Waals surface area contributed by atoms with Gasteiger partial charge in [-0.05, 0) is 18.9 Å². The van der Waals surface area contributed by atoms with Gasteiger partial charge in [-0.15, -0.1) is 0 Å². The van der Waals surface area contributed by atoms with Gasteiger partial charge in [0.05, 0.1) is 22.7 Å². The Bertz CT molecular complexity index is 612. The monoisotopic (exact) mass is 239 g/mol. The van der Waals surface area contributed by atoms with E-state index in [1.807, 2.05) is 23.9 Å². The zero-order valence-electron chi connectivity index (χ0n) is 10.7. The molecule has 0 amide bonds. The van der Waals surface area contributed by atoms with Crippen molar-refractivity contribution in [1.29, 1.82) is 5.26 Å². The van der Waals surface area contributed by atoms with Crippen molar-refractivity contribution in [2.24, 2.45) is 12.5 Å². The van der Waals surface area contributed by atoms with Crippen LogP contribution < -0.4 is 0 Å². The highest BCUT2D eigenvalue weighted by molar-refractivity contribution is 5.81. The lowest BCUT2D eigenvalue weighted by atomic mass is 9.82. The summed E-state index contributed by atoms with van der Waals surface area (Å²) in [5.74, 6) is 0. The van der Waals surface area contributed by atoms with Gasteiger partial charge < -0.3 is 0 Å². The maximum atomic E-state index is 9.47.